The quantitative estimate of drug-likeness (QED) is 0.275. The summed E-state index contributed by atoms with van der Waals surface area (Å²) in [7, 11) is 0. The zero-order valence-corrected chi connectivity index (χ0v) is 22.2. The number of alkyl carbamates (subject to hydrolysis) is 1. The smallest absolute Gasteiger partial charge is 0.408 e. The molecule has 3 N–H and O–H groups in total. The van der Waals surface area contributed by atoms with E-state index >= 15 is 0 Å². The highest BCUT2D eigenvalue weighted by molar-refractivity contribution is 14.0. The van der Waals surface area contributed by atoms with Crippen molar-refractivity contribution < 1.29 is 9.53 Å². The van der Waals surface area contributed by atoms with E-state index in [-0.39, 0.29) is 24.0 Å². The van der Waals surface area contributed by atoms with Crippen LogP contribution in [0.25, 0.3) is 0 Å². The van der Waals surface area contributed by atoms with E-state index in [2.05, 4.69) is 35.7 Å². The number of guanidine groups is 1. The minimum absolute atomic E-state index is 0. The number of aliphatic imine (C=N–C) groups is 1. The Labute approximate surface area is 203 Å². The number of rotatable bonds is 7. The van der Waals surface area contributed by atoms with Gasteiger partial charge in [0.05, 0.1) is 12.1 Å². The first-order valence-electron chi connectivity index (χ1n) is 11.0. The summed E-state index contributed by atoms with van der Waals surface area (Å²) >= 11 is 0. The number of carbonyl (C=O) groups is 1. The van der Waals surface area contributed by atoms with E-state index in [0.29, 0.717) is 19.0 Å². The first-order valence-corrected chi connectivity index (χ1v) is 11.0. The molecule has 2 heterocycles. The number of hydrogen-bond acceptors (Lipinski definition) is 5. The third kappa shape index (κ3) is 10.0. The Kier molecular flexibility index (Phi) is 11.0. The van der Waals surface area contributed by atoms with Gasteiger partial charge in [-0.2, -0.15) is 0 Å². The second kappa shape index (κ2) is 12.4. The second-order valence-corrected chi connectivity index (χ2v) is 9.38. The summed E-state index contributed by atoms with van der Waals surface area (Å²) in [6.07, 6.45) is 5.01. The highest BCUT2D eigenvalue weighted by Crippen LogP contribution is 2.14. The van der Waals surface area contributed by atoms with Crippen molar-refractivity contribution >= 4 is 36.0 Å². The summed E-state index contributed by atoms with van der Waals surface area (Å²) in [4.78, 5) is 16.7. The summed E-state index contributed by atoms with van der Waals surface area (Å²) in [5, 5.41) is 18.2. The van der Waals surface area contributed by atoms with Gasteiger partial charge >= 0.3 is 6.09 Å². The van der Waals surface area contributed by atoms with Gasteiger partial charge < -0.3 is 25.3 Å². The molecule has 178 valence electrons. The third-order valence-electron chi connectivity index (χ3n) is 4.64. The predicted octanol–water partition coefficient (Wildman–Crippen LogP) is 3.02. The van der Waals surface area contributed by atoms with Crippen molar-refractivity contribution in [3.63, 3.8) is 0 Å². The molecule has 0 saturated heterocycles. The maximum Gasteiger partial charge on any atom is 0.408 e. The molecule has 0 atom stereocenters. The van der Waals surface area contributed by atoms with Crippen molar-refractivity contribution in [1.29, 1.82) is 0 Å². The highest BCUT2D eigenvalue weighted by atomic mass is 127. The molecule has 1 aromatic rings. The Hall–Kier alpha value is -1.59. The molecule has 0 aromatic carbocycles. The van der Waals surface area contributed by atoms with Crippen molar-refractivity contribution in [1.82, 2.24) is 30.7 Å². The van der Waals surface area contributed by atoms with Crippen molar-refractivity contribution in [2.75, 3.05) is 19.6 Å². The third-order valence-corrected chi connectivity index (χ3v) is 4.64. The number of amides is 1. The number of aryl methyl sites for hydroxylation is 1. The first-order chi connectivity index (χ1) is 14.1. The number of fused-ring (bicyclic) bond motifs is 1. The van der Waals surface area contributed by atoms with Gasteiger partial charge in [-0.3, -0.25) is 4.99 Å². The van der Waals surface area contributed by atoms with Crippen molar-refractivity contribution in [2.24, 2.45) is 4.99 Å². The number of aromatic nitrogens is 3. The number of hydrogen-bond donors (Lipinski definition) is 3. The molecule has 0 saturated carbocycles. The molecule has 0 unspecified atom stereocenters. The molecule has 2 rings (SSSR count). The molecule has 1 aromatic heterocycles. The van der Waals surface area contributed by atoms with Crippen molar-refractivity contribution in [3.05, 3.63) is 11.6 Å². The Morgan fingerprint density at radius 2 is 1.87 bits per heavy atom. The summed E-state index contributed by atoms with van der Waals surface area (Å²) < 4.78 is 7.61. The van der Waals surface area contributed by atoms with Gasteiger partial charge in [0.15, 0.2) is 5.96 Å². The van der Waals surface area contributed by atoms with Crippen LogP contribution < -0.4 is 16.0 Å². The van der Waals surface area contributed by atoms with Crippen LogP contribution in [0.15, 0.2) is 4.99 Å². The van der Waals surface area contributed by atoms with E-state index in [0.717, 1.165) is 37.6 Å². The van der Waals surface area contributed by atoms with Crippen LogP contribution in [0.3, 0.4) is 0 Å². The minimum Gasteiger partial charge on any atom is -0.444 e. The minimum atomic E-state index is -0.533. The SMILES string of the molecule is CCNC(=NCC(C)(C)NC(=O)OC(C)(C)C)NCCc1nnc2n1CCCCC2.I. The highest BCUT2D eigenvalue weighted by Gasteiger charge is 2.24. The van der Waals surface area contributed by atoms with Crippen LogP contribution in [0.2, 0.25) is 0 Å². The Balaban J connectivity index is 0.00000480. The lowest BCUT2D eigenvalue weighted by molar-refractivity contribution is 0.0476. The van der Waals surface area contributed by atoms with E-state index in [9.17, 15) is 4.79 Å². The van der Waals surface area contributed by atoms with Gasteiger partial charge in [-0.1, -0.05) is 6.42 Å². The number of nitrogens with zero attached hydrogens (tertiary/aromatic N) is 4. The Morgan fingerprint density at radius 3 is 2.55 bits per heavy atom. The summed E-state index contributed by atoms with van der Waals surface area (Å²) in [6.45, 7) is 14.3. The van der Waals surface area contributed by atoms with Crippen LogP contribution >= 0.6 is 24.0 Å². The van der Waals surface area contributed by atoms with Crippen molar-refractivity contribution in [2.45, 2.75) is 91.3 Å². The number of halogens is 1. The van der Waals surface area contributed by atoms with Crippen LogP contribution in [0.1, 0.15) is 72.5 Å². The number of nitrogens with one attached hydrogen (secondary N) is 3. The van der Waals surface area contributed by atoms with Crippen LogP contribution in [-0.4, -0.2) is 57.6 Å². The van der Waals surface area contributed by atoms with Gasteiger partial charge in [-0.25, -0.2) is 4.79 Å². The molecule has 0 bridgehead atoms. The predicted molar refractivity (Wildman–Crippen MR) is 134 cm³/mol. The Bertz CT molecular complexity index is 726. The fraction of sp³-hybridized carbons (Fsp3) is 0.810. The number of ether oxygens (including phenoxy) is 1. The van der Waals surface area contributed by atoms with E-state index in [1.807, 2.05) is 41.5 Å². The Morgan fingerprint density at radius 1 is 1.13 bits per heavy atom. The normalized spacial score (nSPS) is 14.7. The van der Waals surface area contributed by atoms with Crippen LogP contribution in [0, 0.1) is 0 Å². The maximum atomic E-state index is 12.1. The average Bonchev–Trinajstić information content (AvgIpc) is 2.84. The molecule has 0 fully saturated rings. The van der Waals surface area contributed by atoms with E-state index in [1.54, 1.807) is 0 Å². The van der Waals surface area contributed by atoms with Crippen molar-refractivity contribution in [3.8, 4) is 0 Å². The van der Waals surface area contributed by atoms with Crippen LogP contribution in [-0.2, 0) is 24.1 Å². The first kappa shape index (κ1) is 27.4. The molecule has 1 aliphatic heterocycles. The van der Waals surface area contributed by atoms with Gasteiger partial charge in [-0.05, 0) is 54.4 Å². The summed E-state index contributed by atoms with van der Waals surface area (Å²) in [6, 6.07) is 0. The molecule has 1 amide bonds. The molecule has 0 radical (unpaired) electrons. The molecule has 9 nitrogen and oxygen atoms in total. The molecule has 0 spiro atoms. The van der Waals surface area contributed by atoms with Gasteiger partial charge in [0.25, 0.3) is 0 Å². The molecular weight excluding hydrogens is 509 g/mol. The maximum absolute atomic E-state index is 12.1. The fourth-order valence-corrected chi connectivity index (χ4v) is 3.26. The van der Waals surface area contributed by atoms with Crippen LogP contribution in [0.5, 0.6) is 0 Å². The van der Waals surface area contributed by atoms with Gasteiger partial charge in [-0.15, -0.1) is 34.2 Å². The fourth-order valence-electron chi connectivity index (χ4n) is 3.26. The van der Waals surface area contributed by atoms with E-state index < -0.39 is 17.2 Å². The summed E-state index contributed by atoms with van der Waals surface area (Å²) in [5.74, 6) is 2.85. The van der Waals surface area contributed by atoms with E-state index in [1.165, 1.54) is 19.3 Å². The van der Waals surface area contributed by atoms with Gasteiger partial charge in [0, 0.05) is 32.5 Å². The molecule has 10 heteroatoms. The molecule has 0 aliphatic carbocycles. The lowest BCUT2D eigenvalue weighted by Gasteiger charge is -2.27. The standard InChI is InChI=1S/C21H39N7O2.HI/c1-7-22-18(24-15-21(5,6)25-19(29)30-20(2,3)4)23-13-12-17-27-26-16-11-9-8-10-14-28(16)17;/h7-15H2,1-6H3,(H,25,29)(H2,22,23,24);1H. The largest absolute Gasteiger partial charge is 0.444 e. The van der Waals surface area contributed by atoms with Crippen LogP contribution in [0.4, 0.5) is 4.79 Å². The zero-order chi connectivity index (χ0) is 22.2. The average molecular weight is 550 g/mol. The second-order valence-electron chi connectivity index (χ2n) is 9.38. The van der Waals surface area contributed by atoms with E-state index in [4.69, 9.17) is 4.74 Å². The molecule has 1 aliphatic rings. The van der Waals surface area contributed by atoms with Gasteiger partial charge in [0.1, 0.15) is 17.2 Å². The number of carbonyl (C=O) groups excluding carboxylic acids is 1. The molecular formula is C21H40IN7O2. The topological polar surface area (TPSA) is 105 Å². The zero-order valence-electron chi connectivity index (χ0n) is 19.9. The molecule has 31 heavy (non-hydrogen) atoms. The van der Waals surface area contributed by atoms with Gasteiger partial charge in [0.2, 0.25) is 0 Å². The lowest BCUT2D eigenvalue weighted by atomic mass is 10.1. The monoisotopic (exact) mass is 549 g/mol. The lowest BCUT2D eigenvalue weighted by Crippen LogP contribution is -2.49. The summed E-state index contributed by atoms with van der Waals surface area (Å²) in [5.41, 5.74) is -1.06.